The molecule has 0 atom stereocenters. The third kappa shape index (κ3) is 4.11. The molecule has 1 aromatic heterocycles. The van der Waals surface area contributed by atoms with Crippen molar-refractivity contribution >= 4 is 29.2 Å². The average molecular weight is 382 g/mol. The minimum Gasteiger partial charge on any atom is -0.478 e. The Morgan fingerprint density at radius 3 is 2.43 bits per heavy atom. The van der Waals surface area contributed by atoms with Crippen LogP contribution in [-0.2, 0) is 0 Å². The molecule has 146 valence electrons. The number of hydrogen-bond acceptors (Lipinski definition) is 5. The van der Waals surface area contributed by atoms with Gasteiger partial charge in [0.1, 0.15) is 5.69 Å². The fraction of sp³-hybridized carbons (Fsp3) is 0.300. The first kappa shape index (κ1) is 19.3. The van der Waals surface area contributed by atoms with Crippen molar-refractivity contribution in [2.24, 2.45) is 5.73 Å². The highest BCUT2D eigenvalue weighted by Crippen LogP contribution is 2.30. The number of aromatic carboxylic acids is 1. The van der Waals surface area contributed by atoms with E-state index >= 15 is 0 Å². The topological polar surface area (TPSA) is 126 Å². The minimum absolute atomic E-state index is 0.0429. The third-order valence-electron chi connectivity index (χ3n) is 4.77. The van der Waals surface area contributed by atoms with Crippen LogP contribution in [0.15, 0.2) is 30.3 Å². The molecule has 0 saturated carbocycles. The van der Waals surface area contributed by atoms with Crippen molar-refractivity contribution in [1.29, 1.82) is 0 Å². The second kappa shape index (κ2) is 8.08. The van der Waals surface area contributed by atoms with Crippen molar-refractivity contribution in [3.8, 4) is 0 Å². The molecule has 0 bridgehead atoms. The number of amides is 2. The Hall–Kier alpha value is -3.42. The number of benzene rings is 1. The molecule has 0 unspecified atom stereocenters. The molecule has 0 aliphatic carbocycles. The second-order valence-electron chi connectivity index (χ2n) is 6.73. The molecule has 28 heavy (non-hydrogen) atoms. The molecular formula is C20H22N4O4. The number of carboxylic acid groups (broad SMARTS) is 1. The van der Waals surface area contributed by atoms with Gasteiger partial charge in [0, 0.05) is 18.7 Å². The zero-order valence-corrected chi connectivity index (χ0v) is 15.6. The molecule has 3 rings (SSSR count). The number of aryl methyl sites for hydroxylation is 1. The maximum absolute atomic E-state index is 12.7. The number of pyridine rings is 1. The molecule has 8 heteroatoms. The lowest BCUT2D eigenvalue weighted by molar-refractivity contribution is 0.0694. The summed E-state index contributed by atoms with van der Waals surface area (Å²) in [4.78, 5) is 41.7. The van der Waals surface area contributed by atoms with E-state index in [1.165, 1.54) is 19.1 Å². The number of piperidine rings is 1. The Balaban J connectivity index is 1.92. The number of aromatic nitrogens is 1. The second-order valence-corrected chi connectivity index (χ2v) is 6.73. The predicted molar refractivity (Wildman–Crippen MR) is 105 cm³/mol. The monoisotopic (exact) mass is 382 g/mol. The highest BCUT2D eigenvalue weighted by atomic mass is 16.4. The van der Waals surface area contributed by atoms with Gasteiger partial charge in [-0.2, -0.15) is 0 Å². The normalized spacial score (nSPS) is 13.8. The summed E-state index contributed by atoms with van der Waals surface area (Å²) in [6, 6.07) is 7.71. The number of nitrogens with two attached hydrogens (primary N) is 1. The molecule has 0 radical (unpaired) electrons. The quantitative estimate of drug-likeness (QED) is 0.729. The van der Waals surface area contributed by atoms with Gasteiger partial charge in [-0.1, -0.05) is 0 Å². The predicted octanol–water partition coefficient (Wildman–Crippen LogP) is 2.43. The summed E-state index contributed by atoms with van der Waals surface area (Å²) in [5, 5.41) is 11.9. The summed E-state index contributed by atoms with van der Waals surface area (Å²) in [5.74, 6) is -2.17. The van der Waals surface area contributed by atoms with Crippen molar-refractivity contribution in [3.63, 3.8) is 0 Å². The van der Waals surface area contributed by atoms with Crippen LogP contribution in [0.25, 0.3) is 0 Å². The number of carboxylic acids is 1. The lowest BCUT2D eigenvalue weighted by Gasteiger charge is -2.30. The average Bonchev–Trinajstić information content (AvgIpc) is 2.68. The molecule has 1 fully saturated rings. The largest absolute Gasteiger partial charge is 0.478 e. The van der Waals surface area contributed by atoms with Gasteiger partial charge in [0.25, 0.3) is 5.91 Å². The number of carbonyl (C=O) groups excluding carboxylic acids is 2. The summed E-state index contributed by atoms with van der Waals surface area (Å²) in [5.41, 5.74) is 7.36. The van der Waals surface area contributed by atoms with Gasteiger partial charge in [0.15, 0.2) is 0 Å². The Labute approximate surface area is 162 Å². The van der Waals surface area contributed by atoms with Crippen molar-refractivity contribution in [1.82, 2.24) is 4.98 Å². The highest BCUT2D eigenvalue weighted by Gasteiger charge is 2.19. The van der Waals surface area contributed by atoms with Crippen molar-refractivity contribution in [3.05, 3.63) is 52.8 Å². The highest BCUT2D eigenvalue weighted by molar-refractivity contribution is 6.06. The van der Waals surface area contributed by atoms with Gasteiger partial charge in [-0.3, -0.25) is 9.59 Å². The van der Waals surface area contributed by atoms with Crippen LogP contribution in [0.5, 0.6) is 0 Å². The van der Waals surface area contributed by atoms with Crippen molar-refractivity contribution in [2.75, 3.05) is 23.3 Å². The van der Waals surface area contributed by atoms with Crippen LogP contribution in [0.4, 0.5) is 11.4 Å². The number of primary amides is 1. The van der Waals surface area contributed by atoms with Gasteiger partial charge >= 0.3 is 5.97 Å². The Bertz CT molecular complexity index is 936. The maximum Gasteiger partial charge on any atom is 0.337 e. The molecular weight excluding hydrogens is 360 g/mol. The maximum atomic E-state index is 12.7. The zero-order valence-electron chi connectivity index (χ0n) is 15.6. The van der Waals surface area contributed by atoms with Crippen LogP contribution in [0.3, 0.4) is 0 Å². The van der Waals surface area contributed by atoms with Gasteiger partial charge in [-0.15, -0.1) is 0 Å². The van der Waals surface area contributed by atoms with E-state index in [0.29, 0.717) is 11.3 Å². The van der Waals surface area contributed by atoms with Gasteiger partial charge in [0.2, 0.25) is 5.91 Å². The fourth-order valence-corrected chi connectivity index (χ4v) is 3.30. The first-order chi connectivity index (χ1) is 13.4. The van der Waals surface area contributed by atoms with Crippen LogP contribution in [0, 0.1) is 6.92 Å². The van der Waals surface area contributed by atoms with Crippen LogP contribution in [-0.4, -0.2) is 41.0 Å². The minimum atomic E-state index is -1.10. The Morgan fingerprint density at radius 2 is 1.82 bits per heavy atom. The number of anilines is 2. The molecule has 1 saturated heterocycles. The van der Waals surface area contributed by atoms with Crippen LogP contribution in [0.1, 0.15) is 56.2 Å². The fourth-order valence-electron chi connectivity index (χ4n) is 3.30. The van der Waals surface area contributed by atoms with E-state index in [2.05, 4.69) is 15.2 Å². The summed E-state index contributed by atoms with van der Waals surface area (Å²) < 4.78 is 0. The van der Waals surface area contributed by atoms with E-state index in [4.69, 9.17) is 10.8 Å². The number of carbonyl (C=O) groups is 3. The Morgan fingerprint density at radius 1 is 1.11 bits per heavy atom. The lowest BCUT2D eigenvalue weighted by Crippen LogP contribution is -2.30. The van der Waals surface area contributed by atoms with Crippen LogP contribution < -0.4 is 16.0 Å². The molecule has 1 aliphatic heterocycles. The smallest absolute Gasteiger partial charge is 0.337 e. The van der Waals surface area contributed by atoms with Gasteiger partial charge in [-0.05, 0) is 56.5 Å². The molecule has 8 nitrogen and oxygen atoms in total. The van der Waals surface area contributed by atoms with E-state index < -0.39 is 17.8 Å². The third-order valence-corrected chi connectivity index (χ3v) is 4.77. The van der Waals surface area contributed by atoms with Crippen LogP contribution >= 0.6 is 0 Å². The van der Waals surface area contributed by atoms with Crippen molar-refractivity contribution < 1.29 is 19.5 Å². The number of rotatable bonds is 5. The molecule has 2 amide bonds. The molecule has 2 heterocycles. The van der Waals surface area contributed by atoms with Crippen molar-refractivity contribution in [2.45, 2.75) is 26.2 Å². The van der Waals surface area contributed by atoms with Crippen LogP contribution in [0.2, 0.25) is 0 Å². The summed E-state index contributed by atoms with van der Waals surface area (Å²) in [6.07, 6.45) is 3.28. The summed E-state index contributed by atoms with van der Waals surface area (Å²) in [7, 11) is 0. The summed E-state index contributed by atoms with van der Waals surface area (Å²) >= 11 is 0. The number of hydrogen-bond donors (Lipinski definition) is 3. The van der Waals surface area contributed by atoms with E-state index in [-0.39, 0.29) is 17.0 Å². The lowest BCUT2D eigenvalue weighted by atomic mass is 10.1. The van der Waals surface area contributed by atoms with Gasteiger partial charge in [-0.25, -0.2) is 9.78 Å². The molecule has 0 spiro atoms. The number of nitrogens with zero attached hydrogens (tertiary/aromatic N) is 2. The molecule has 4 N–H and O–H groups in total. The number of nitrogens with one attached hydrogen (secondary N) is 1. The van der Waals surface area contributed by atoms with E-state index in [1.807, 2.05) is 0 Å². The SMILES string of the molecule is Cc1nc(C(=O)Nc2cc(C(N)=O)ccc2N2CCCCC2)ccc1C(=O)O. The first-order valence-corrected chi connectivity index (χ1v) is 9.08. The zero-order chi connectivity index (χ0) is 20.3. The Kier molecular flexibility index (Phi) is 5.58. The standard InChI is InChI=1S/C20H22N4O4/c1-12-14(20(27)28)6-7-15(22-12)19(26)23-16-11-13(18(21)25)5-8-17(16)24-9-3-2-4-10-24/h5-8,11H,2-4,9-10H2,1H3,(H2,21,25)(H,23,26)(H,27,28). The van der Waals surface area contributed by atoms with Gasteiger partial charge in [0.05, 0.1) is 22.6 Å². The van der Waals surface area contributed by atoms with E-state index in [1.54, 1.807) is 18.2 Å². The van der Waals surface area contributed by atoms with E-state index in [9.17, 15) is 14.4 Å². The first-order valence-electron chi connectivity index (χ1n) is 9.08. The molecule has 1 aromatic carbocycles. The molecule has 2 aromatic rings. The van der Waals surface area contributed by atoms with E-state index in [0.717, 1.165) is 38.0 Å². The molecule has 1 aliphatic rings. The summed E-state index contributed by atoms with van der Waals surface area (Å²) in [6.45, 7) is 3.26. The van der Waals surface area contributed by atoms with Gasteiger partial charge < -0.3 is 21.1 Å².